The van der Waals surface area contributed by atoms with Gasteiger partial charge in [-0.1, -0.05) is 18.9 Å². The number of hydrogen-bond acceptors (Lipinski definition) is 3. The fourth-order valence-electron chi connectivity index (χ4n) is 3.72. The number of likely N-dealkylation sites (tertiary alicyclic amines) is 1. The van der Waals surface area contributed by atoms with Gasteiger partial charge in [0.15, 0.2) is 5.96 Å². The topological polar surface area (TPSA) is 57.0 Å². The number of aryl methyl sites for hydroxylation is 1. The van der Waals surface area contributed by atoms with Gasteiger partial charge in [0.1, 0.15) is 5.65 Å². The van der Waals surface area contributed by atoms with Crippen LogP contribution in [0.2, 0.25) is 0 Å². The number of guanidine groups is 1. The van der Waals surface area contributed by atoms with Gasteiger partial charge in [-0.25, -0.2) is 4.98 Å². The first-order chi connectivity index (χ1) is 13.3. The van der Waals surface area contributed by atoms with Crippen LogP contribution in [0.5, 0.6) is 0 Å². The molecule has 27 heavy (non-hydrogen) atoms. The maximum absolute atomic E-state index is 4.73. The van der Waals surface area contributed by atoms with Crippen molar-refractivity contribution in [1.82, 2.24) is 24.9 Å². The van der Waals surface area contributed by atoms with Gasteiger partial charge in [0.2, 0.25) is 0 Å². The largest absolute Gasteiger partial charge is 0.356 e. The highest BCUT2D eigenvalue weighted by Crippen LogP contribution is 2.10. The van der Waals surface area contributed by atoms with Crippen LogP contribution < -0.4 is 10.6 Å². The Morgan fingerprint density at radius 2 is 1.93 bits per heavy atom. The Morgan fingerprint density at radius 1 is 1.15 bits per heavy atom. The Labute approximate surface area is 163 Å². The molecule has 0 spiro atoms. The molecule has 0 atom stereocenters. The molecule has 2 aromatic rings. The molecule has 0 aliphatic carbocycles. The Hall–Kier alpha value is -2.08. The van der Waals surface area contributed by atoms with E-state index >= 15 is 0 Å². The lowest BCUT2D eigenvalue weighted by atomic mass is 10.2. The molecule has 1 aliphatic rings. The highest BCUT2D eigenvalue weighted by molar-refractivity contribution is 5.79. The lowest BCUT2D eigenvalue weighted by molar-refractivity contribution is 0.282. The van der Waals surface area contributed by atoms with Gasteiger partial charge in [-0.15, -0.1) is 0 Å². The third-order valence-corrected chi connectivity index (χ3v) is 5.27. The summed E-state index contributed by atoms with van der Waals surface area (Å²) in [6.45, 7) is 7.61. The molecule has 1 saturated heterocycles. The summed E-state index contributed by atoms with van der Waals surface area (Å²) < 4.78 is 2.10. The molecule has 1 fully saturated rings. The van der Waals surface area contributed by atoms with Gasteiger partial charge >= 0.3 is 0 Å². The van der Waals surface area contributed by atoms with Crippen molar-refractivity contribution in [1.29, 1.82) is 0 Å². The minimum absolute atomic E-state index is 0.828. The van der Waals surface area contributed by atoms with Crippen molar-refractivity contribution in [2.75, 3.05) is 39.8 Å². The number of aromatic nitrogens is 2. The van der Waals surface area contributed by atoms with Gasteiger partial charge in [0.25, 0.3) is 0 Å². The second kappa shape index (κ2) is 10.3. The summed E-state index contributed by atoms with van der Waals surface area (Å²) in [5.74, 6) is 0.880. The van der Waals surface area contributed by atoms with Crippen LogP contribution in [-0.4, -0.2) is 60.0 Å². The van der Waals surface area contributed by atoms with Crippen molar-refractivity contribution in [3.63, 3.8) is 0 Å². The lowest BCUT2D eigenvalue weighted by Gasteiger charge is -2.20. The minimum Gasteiger partial charge on any atom is -0.356 e. The van der Waals surface area contributed by atoms with Gasteiger partial charge < -0.3 is 19.9 Å². The van der Waals surface area contributed by atoms with Gasteiger partial charge in [0.05, 0.1) is 5.69 Å². The molecule has 0 unspecified atom stereocenters. The summed E-state index contributed by atoms with van der Waals surface area (Å²) in [6, 6.07) is 4.16. The molecule has 6 heteroatoms. The molecule has 1 aliphatic heterocycles. The Balaban J connectivity index is 1.35. The zero-order valence-corrected chi connectivity index (χ0v) is 16.9. The first-order valence-electron chi connectivity index (χ1n) is 10.4. The molecule has 0 amide bonds. The molecule has 3 heterocycles. The molecule has 148 valence electrons. The van der Waals surface area contributed by atoms with Crippen LogP contribution in [-0.2, 0) is 6.42 Å². The van der Waals surface area contributed by atoms with E-state index in [0.717, 1.165) is 43.2 Å². The average Bonchev–Trinajstić information content (AvgIpc) is 2.92. The molecule has 6 nitrogen and oxygen atoms in total. The van der Waals surface area contributed by atoms with Crippen molar-refractivity contribution in [3.8, 4) is 0 Å². The maximum Gasteiger partial charge on any atom is 0.190 e. The SMILES string of the molecule is CN=C(NCCCN1CCCCCC1)NCCc1cn2cccc(C)c2n1. The number of fused-ring (bicyclic) bond motifs is 1. The number of imidazole rings is 1. The molecular weight excluding hydrogens is 336 g/mol. The van der Waals surface area contributed by atoms with E-state index in [2.05, 4.69) is 56.4 Å². The van der Waals surface area contributed by atoms with Crippen molar-refractivity contribution < 1.29 is 0 Å². The van der Waals surface area contributed by atoms with Gasteiger partial charge in [0, 0.05) is 39.0 Å². The van der Waals surface area contributed by atoms with E-state index in [9.17, 15) is 0 Å². The average molecular weight is 371 g/mol. The minimum atomic E-state index is 0.828. The van der Waals surface area contributed by atoms with Gasteiger partial charge in [-0.3, -0.25) is 4.99 Å². The molecule has 2 N–H and O–H groups in total. The zero-order chi connectivity index (χ0) is 18.9. The first kappa shape index (κ1) is 19.7. The first-order valence-corrected chi connectivity index (χ1v) is 10.4. The monoisotopic (exact) mass is 370 g/mol. The van der Waals surface area contributed by atoms with Gasteiger partial charge in [-0.05, 0) is 57.5 Å². The van der Waals surface area contributed by atoms with E-state index in [1.54, 1.807) is 0 Å². The van der Waals surface area contributed by atoms with Crippen molar-refractivity contribution in [2.24, 2.45) is 4.99 Å². The summed E-state index contributed by atoms with van der Waals surface area (Å²) in [5, 5.41) is 6.83. The van der Waals surface area contributed by atoms with Crippen LogP contribution in [0, 0.1) is 6.92 Å². The number of nitrogens with one attached hydrogen (secondary N) is 2. The highest BCUT2D eigenvalue weighted by Gasteiger charge is 2.08. The summed E-state index contributed by atoms with van der Waals surface area (Å²) in [5.41, 5.74) is 3.36. The third kappa shape index (κ3) is 5.96. The second-order valence-electron chi connectivity index (χ2n) is 7.44. The zero-order valence-electron chi connectivity index (χ0n) is 16.9. The quantitative estimate of drug-likeness (QED) is 0.447. The number of pyridine rings is 1. The Morgan fingerprint density at radius 3 is 2.67 bits per heavy atom. The fourth-order valence-corrected chi connectivity index (χ4v) is 3.72. The molecule has 0 aromatic carbocycles. The normalized spacial score (nSPS) is 16.4. The number of aliphatic imine (C=N–C) groups is 1. The summed E-state index contributed by atoms with van der Waals surface area (Å²) >= 11 is 0. The Kier molecular flexibility index (Phi) is 7.51. The van der Waals surface area contributed by atoms with E-state index in [1.165, 1.54) is 50.9 Å². The highest BCUT2D eigenvalue weighted by atomic mass is 15.2. The standard InChI is InChI=1S/C21H34N6/c1-18-9-7-16-27-17-19(25-20(18)27)10-12-24-21(22-2)23-11-8-15-26-13-5-3-4-6-14-26/h7,9,16-17H,3-6,8,10-15H2,1-2H3,(H2,22,23,24). The maximum atomic E-state index is 4.73. The molecule has 3 rings (SSSR count). The van der Waals surface area contributed by atoms with E-state index in [-0.39, 0.29) is 0 Å². The van der Waals surface area contributed by atoms with Crippen LogP contribution in [0.3, 0.4) is 0 Å². The van der Waals surface area contributed by atoms with Crippen molar-refractivity contribution in [2.45, 2.75) is 45.4 Å². The molecule has 0 radical (unpaired) electrons. The molecule has 2 aromatic heterocycles. The van der Waals surface area contributed by atoms with E-state index in [1.807, 2.05) is 7.05 Å². The molecule has 0 bridgehead atoms. The Bertz CT molecular complexity index is 727. The smallest absolute Gasteiger partial charge is 0.190 e. The summed E-state index contributed by atoms with van der Waals surface area (Å²) in [7, 11) is 1.83. The van der Waals surface area contributed by atoms with Crippen LogP contribution in [0.1, 0.15) is 43.4 Å². The number of hydrogen-bond donors (Lipinski definition) is 2. The molecule has 0 saturated carbocycles. The van der Waals surface area contributed by atoms with Gasteiger partial charge in [-0.2, -0.15) is 0 Å². The van der Waals surface area contributed by atoms with E-state index in [4.69, 9.17) is 4.98 Å². The third-order valence-electron chi connectivity index (χ3n) is 5.27. The predicted molar refractivity (Wildman–Crippen MR) is 113 cm³/mol. The second-order valence-corrected chi connectivity index (χ2v) is 7.44. The molecular formula is C21H34N6. The van der Waals surface area contributed by atoms with E-state index < -0.39 is 0 Å². The van der Waals surface area contributed by atoms with Crippen molar-refractivity contribution >= 4 is 11.6 Å². The van der Waals surface area contributed by atoms with Crippen LogP contribution >= 0.6 is 0 Å². The van der Waals surface area contributed by atoms with Crippen LogP contribution in [0.15, 0.2) is 29.5 Å². The van der Waals surface area contributed by atoms with Crippen LogP contribution in [0.4, 0.5) is 0 Å². The number of rotatable bonds is 7. The summed E-state index contributed by atoms with van der Waals surface area (Å²) in [4.78, 5) is 11.7. The number of nitrogens with zero attached hydrogens (tertiary/aromatic N) is 4. The fraction of sp³-hybridized carbons (Fsp3) is 0.619. The predicted octanol–water partition coefficient (Wildman–Crippen LogP) is 2.62. The van der Waals surface area contributed by atoms with E-state index in [0.29, 0.717) is 0 Å². The lowest BCUT2D eigenvalue weighted by Crippen LogP contribution is -2.39. The van der Waals surface area contributed by atoms with Crippen LogP contribution in [0.25, 0.3) is 5.65 Å². The summed E-state index contributed by atoms with van der Waals surface area (Å²) in [6.07, 6.45) is 11.7. The van der Waals surface area contributed by atoms with Crippen molar-refractivity contribution in [3.05, 3.63) is 35.8 Å².